The van der Waals surface area contributed by atoms with Gasteiger partial charge >= 0.3 is 12.2 Å². The number of nitrogens with one attached hydrogen (secondary N) is 1. The molecule has 1 heterocycles. The van der Waals surface area contributed by atoms with Crippen molar-refractivity contribution in [2.45, 2.75) is 39.0 Å². The van der Waals surface area contributed by atoms with Gasteiger partial charge in [0.1, 0.15) is 5.82 Å². The second-order valence-electron chi connectivity index (χ2n) is 9.91. The van der Waals surface area contributed by atoms with Crippen LogP contribution in [0.25, 0.3) is 16.6 Å². The van der Waals surface area contributed by atoms with Crippen LogP contribution in [0, 0.1) is 0 Å². The van der Waals surface area contributed by atoms with Gasteiger partial charge < -0.3 is 10.2 Å². The van der Waals surface area contributed by atoms with Gasteiger partial charge in [0.15, 0.2) is 0 Å². The minimum atomic E-state index is -4.66. The molecule has 0 saturated heterocycles. The number of halogens is 3. The van der Waals surface area contributed by atoms with E-state index in [4.69, 9.17) is 4.98 Å². The lowest BCUT2D eigenvalue weighted by Crippen LogP contribution is -2.39. The van der Waals surface area contributed by atoms with Gasteiger partial charge in [-0.2, -0.15) is 13.2 Å². The first-order valence-electron chi connectivity index (χ1n) is 13.6. The largest absolute Gasteiger partial charge is 0.418 e. The van der Waals surface area contributed by atoms with E-state index in [-0.39, 0.29) is 23.6 Å². The van der Waals surface area contributed by atoms with Crippen LogP contribution in [-0.2, 0) is 19.1 Å². The summed E-state index contributed by atoms with van der Waals surface area (Å²) in [4.78, 5) is 33.9. The third kappa shape index (κ3) is 5.90. The average Bonchev–Trinajstić information content (AvgIpc) is 3.00. The van der Waals surface area contributed by atoms with Gasteiger partial charge in [-0.25, -0.2) is 9.78 Å². The van der Waals surface area contributed by atoms with Crippen LogP contribution >= 0.6 is 0 Å². The van der Waals surface area contributed by atoms with Crippen LogP contribution in [0.15, 0.2) is 108 Å². The van der Waals surface area contributed by atoms with Crippen LogP contribution in [0.4, 0.5) is 23.7 Å². The molecule has 6 nitrogen and oxygen atoms in total. The monoisotopic (exact) mass is 570 g/mol. The standard InChI is InChI=1S/C33H29F3N4O2/c1-3-23-17-19-25(20-18-23)40-30(37-28-15-9-7-13-26(28)31(40)41)22(2)39(21-24-11-5-4-6-12-24)32(42)38-29-16-10-8-14-27(29)33(34,35)36/h4-20,22H,3,21H2,1-2H3,(H,38,42). The van der Waals surface area contributed by atoms with E-state index in [1.54, 1.807) is 31.2 Å². The van der Waals surface area contributed by atoms with Crippen LogP contribution in [0.1, 0.15) is 42.4 Å². The number of hydrogen-bond acceptors (Lipinski definition) is 3. The number of fused-ring (bicyclic) bond motifs is 1. The highest BCUT2D eigenvalue weighted by Gasteiger charge is 2.35. The van der Waals surface area contributed by atoms with Crippen LogP contribution in [0.3, 0.4) is 0 Å². The second-order valence-corrected chi connectivity index (χ2v) is 9.91. The summed E-state index contributed by atoms with van der Waals surface area (Å²) in [5, 5.41) is 2.87. The summed E-state index contributed by atoms with van der Waals surface area (Å²) < 4.78 is 42.7. The quantitative estimate of drug-likeness (QED) is 0.217. The smallest absolute Gasteiger partial charge is 0.310 e. The molecule has 5 rings (SSSR count). The minimum Gasteiger partial charge on any atom is -0.310 e. The van der Waals surface area contributed by atoms with Crippen molar-refractivity contribution in [3.63, 3.8) is 0 Å². The lowest BCUT2D eigenvalue weighted by Gasteiger charge is -2.31. The highest BCUT2D eigenvalue weighted by atomic mass is 19.4. The van der Waals surface area contributed by atoms with Gasteiger partial charge in [-0.1, -0.05) is 73.7 Å². The molecule has 4 aromatic carbocycles. The molecule has 2 amide bonds. The summed E-state index contributed by atoms with van der Waals surface area (Å²) in [6.45, 7) is 3.80. The van der Waals surface area contributed by atoms with Gasteiger partial charge in [0.2, 0.25) is 0 Å². The van der Waals surface area contributed by atoms with Crippen molar-refractivity contribution >= 4 is 22.6 Å². The fourth-order valence-electron chi connectivity index (χ4n) is 4.89. The first-order chi connectivity index (χ1) is 20.2. The minimum absolute atomic E-state index is 0.0551. The summed E-state index contributed by atoms with van der Waals surface area (Å²) in [6.07, 6.45) is -3.84. The zero-order valence-electron chi connectivity index (χ0n) is 23.1. The molecule has 0 aliphatic carbocycles. The Balaban J connectivity index is 1.64. The van der Waals surface area contributed by atoms with E-state index in [0.717, 1.165) is 23.6 Å². The molecule has 0 aliphatic heterocycles. The predicted octanol–water partition coefficient (Wildman–Crippen LogP) is 7.76. The Kier molecular flexibility index (Phi) is 8.10. The number of carbonyl (C=O) groups excluding carboxylic acids is 1. The molecule has 0 spiro atoms. The van der Waals surface area contributed by atoms with E-state index in [9.17, 15) is 22.8 Å². The van der Waals surface area contributed by atoms with Crippen LogP contribution in [0.5, 0.6) is 0 Å². The molecule has 0 radical (unpaired) electrons. The Hall–Kier alpha value is -4.92. The number of anilines is 1. The molecule has 0 bridgehead atoms. The molecular weight excluding hydrogens is 541 g/mol. The molecule has 0 saturated carbocycles. The normalized spacial score (nSPS) is 12.2. The number of rotatable bonds is 7. The number of aryl methyl sites for hydroxylation is 1. The molecule has 1 N–H and O–H groups in total. The van der Waals surface area contributed by atoms with Gasteiger partial charge in [-0.05, 0) is 60.9 Å². The number of para-hydroxylation sites is 2. The lowest BCUT2D eigenvalue weighted by atomic mass is 10.1. The number of amides is 2. The summed E-state index contributed by atoms with van der Waals surface area (Å²) in [5.41, 5.74) is 1.23. The summed E-state index contributed by atoms with van der Waals surface area (Å²) >= 11 is 0. The van der Waals surface area contributed by atoms with E-state index in [1.165, 1.54) is 27.7 Å². The molecule has 1 aromatic heterocycles. The zero-order valence-corrected chi connectivity index (χ0v) is 23.1. The Morgan fingerprint density at radius 3 is 2.21 bits per heavy atom. The molecule has 0 aliphatic rings. The topological polar surface area (TPSA) is 67.2 Å². The highest BCUT2D eigenvalue weighted by molar-refractivity contribution is 5.90. The van der Waals surface area contributed by atoms with Crippen LogP contribution < -0.4 is 10.9 Å². The number of nitrogens with zero attached hydrogens (tertiary/aromatic N) is 3. The van der Waals surface area contributed by atoms with E-state index < -0.39 is 23.8 Å². The van der Waals surface area contributed by atoms with Gasteiger partial charge in [0.25, 0.3) is 5.56 Å². The maximum atomic E-state index is 13.9. The fourth-order valence-corrected chi connectivity index (χ4v) is 4.89. The number of hydrogen-bond donors (Lipinski definition) is 1. The number of carbonyl (C=O) groups is 1. The number of urea groups is 1. The van der Waals surface area contributed by atoms with Gasteiger partial charge in [0, 0.05) is 6.54 Å². The van der Waals surface area contributed by atoms with Crippen molar-refractivity contribution in [1.82, 2.24) is 14.5 Å². The van der Waals surface area contributed by atoms with Crippen molar-refractivity contribution in [1.29, 1.82) is 0 Å². The summed E-state index contributed by atoms with van der Waals surface area (Å²) in [6, 6.07) is 26.8. The molecule has 5 aromatic rings. The number of alkyl halides is 3. The maximum Gasteiger partial charge on any atom is 0.418 e. The van der Waals surface area contributed by atoms with E-state index in [2.05, 4.69) is 5.32 Å². The molecular formula is C33H29F3N4O2. The molecule has 42 heavy (non-hydrogen) atoms. The Morgan fingerprint density at radius 1 is 0.881 bits per heavy atom. The maximum absolute atomic E-state index is 13.9. The zero-order chi connectivity index (χ0) is 29.9. The Bertz CT molecular complexity index is 1770. The summed E-state index contributed by atoms with van der Waals surface area (Å²) in [5.74, 6) is 0.276. The fraction of sp³-hybridized carbons (Fsp3) is 0.182. The van der Waals surface area contributed by atoms with Gasteiger partial charge in [-0.3, -0.25) is 9.36 Å². The van der Waals surface area contributed by atoms with E-state index in [1.807, 2.05) is 61.5 Å². The van der Waals surface area contributed by atoms with Gasteiger partial charge in [-0.15, -0.1) is 0 Å². The Morgan fingerprint density at radius 2 is 1.52 bits per heavy atom. The van der Waals surface area contributed by atoms with Crippen LogP contribution in [-0.4, -0.2) is 20.5 Å². The Labute approximate surface area is 241 Å². The second kappa shape index (κ2) is 11.9. The highest BCUT2D eigenvalue weighted by Crippen LogP contribution is 2.35. The molecule has 1 unspecified atom stereocenters. The van der Waals surface area contributed by atoms with Crippen molar-refractivity contribution in [2.24, 2.45) is 0 Å². The van der Waals surface area contributed by atoms with Crippen molar-refractivity contribution in [3.8, 4) is 5.69 Å². The van der Waals surface area contributed by atoms with E-state index >= 15 is 0 Å². The third-order valence-electron chi connectivity index (χ3n) is 7.18. The molecule has 214 valence electrons. The first-order valence-corrected chi connectivity index (χ1v) is 13.6. The molecule has 1 atom stereocenters. The summed E-state index contributed by atoms with van der Waals surface area (Å²) in [7, 11) is 0. The average molecular weight is 571 g/mol. The van der Waals surface area contributed by atoms with Crippen molar-refractivity contribution in [3.05, 3.63) is 136 Å². The van der Waals surface area contributed by atoms with Crippen molar-refractivity contribution < 1.29 is 18.0 Å². The first kappa shape index (κ1) is 28.6. The van der Waals surface area contributed by atoms with Crippen LogP contribution in [0.2, 0.25) is 0 Å². The molecule has 0 fully saturated rings. The van der Waals surface area contributed by atoms with E-state index in [0.29, 0.717) is 16.6 Å². The third-order valence-corrected chi connectivity index (χ3v) is 7.18. The SMILES string of the molecule is CCc1ccc(-n2c(C(C)N(Cc3ccccc3)C(=O)Nc3ccccc3C(F)(F)F)nc3ccccc3c2=O)cc1. The predicted molar refractivity (Wildman–Crippen MR) is 158 cm³/mol. The number of benzene rings is 4. The number of aromatic nitrogens is 2. The van der Waals surface area contributed by atoms with Crippen molar-refractivity contribution in [2.75, 3.05) is 5.32 Å². The van der Waals surface area contributed by atoms with Gasteiger partial charge in [0.05, 0.1) is 33.9 Å². The molecule has 9 heteroatoms. The lowest BCUT2D eigenvalue weighted by molar-refractivity contribution is -0.136.